The molecular formula is C12H13N3O3. The summed E-state index contributed by atoms with van der Waals surface area (Å²) in [5.74, 6) is -0.648. The molecule has 0 saturated carbocycles. The number of likely N-dealkylation sites (N-methyl/N-ethyl adjacent to an activating group) is 1. The van der Waals surface area contributed by atoms with Crippen LogP contribution in [-0.2, 0) is 9.59 Å². The van der Waals surface area contributed by atoms with Gasteiger partial charge in [0.25, 0.3) is 5.91 Å². The van der Waals surface area contributed by atoms with Crippen molar-refractivity contribution in [2.75, 3.05) is 20.2 Å². The first-order valence-electron chi connectivity index (χ1n) is 5.18. The van der Waals surface area contributed by atoms with Gasteiger partial charge < -0.3 is 15.4 Å². The maximum Gasteiger partial charge on any atom is 0.260 e. The molecule has 0 aromatic heterocycles. The van der Waals surface area contributed by atoms with E-state index in [4.69, 9.17) is 15.7 Å². The normalized spacial score (nSPS) is 9.33. The summed E-state index contributed by atoms with van der Waals surface area (Å²) in [4.78, 5) is 23.4. The first-order chi connectivity index (χ1) is 8.54. The fourth-order valence-electron chi connectivity index (χ4n) is 1.26. The molecule has 94 valence electrons. The summed E-state index contributed by atoms with van der Waals surface area (Å²) in [7, 11) is 1.45. The Hall–Kier alpha value is -2.55. The van der Waals surface area contributed by atoms with Crippen molar-refractivity contribution in [2.24, 2.45) is 5.73 Å². The molecule has 0 aliphatic heterocycles. The van der Waals surface area contributed by atoms with Gasteiger partial charge in [-0.1, -0.05) is 12.1 Å². The van der Waals surface area contributed by atoms with E-state index in [1.54, 1.807) is 24.3 Å². The van der Waals surface area contributed by atoms with Crippen molar-refractivity contribution in [3.05, 3.63) is 29.8 Å². The lowest BCUT2D eigenvalue weighted by molar-refractivity contribution is -0.135. The molecule has 0 unspecified atom stereocenters. The highest BCUT2D eigenvalue weighted by Gasteiger charge is 2.12. The van der Waals surface area contributed by atoms with Gasteiger partial charge in [0.2, 0.25) is 5.91 Å². The third-order valence-corrected chi connectivity index (χ3v) is 2.18. The molecule has 2 N–H and O–H groups in total. The Bertz CT molecular complexity index is 494. The van der Waals surface area contributed by atoms with Crippen LogP contribution in [0, 0.1) is 11.3 Å². The number of carbonyl (C=O) groups excluding carboxylic acids is 2. The monoisotopic (exact) mass is 247 g/mol. The van der Waals surface area contributed by atoms with Crippen LogP contribution in [0.15, 0.2) is 24.3 Å². The average molecular weight is 247 g/mol. The molecule has 0 heterocycles. The zero-order valence-corrected chi connectivity index (χ0v) is 9.92. The number of carbonyl (C=O) groups is 2. The molecule has 1 aromatic rings. The Morgan fingerprint density at radius 1 is 1.44 bits per heavy atom. The van der Waals surface area contributed by atoms with Crippen LogP contribution >= 0.6 is 0 Å². The number of hydrogen-bond acceptors (Lipinski definition) is 4. The standard InChI is InChI=1S/C12H13N3O3/c1-15(7-11(14)16)12(17)8-18-10-5-3-2-4-9(10)6-13/h2-5H,7-8H2,1H3,(H2,14,16). The average Bonchev–Trinajstić information content (AvgIpc) is 2.35. The third-order valence-electron chi connectivity index (χ3n) is 2.18. The minimum atomic E-state index is -0.594. The van der Waals surface area contributed by atoms with E-state index >= 15 is 0 Å². The minimum Gasteiger partial charge on any atom is -0.482 e. The third kappa shape index (κ3) is 3.79. The largest absolute Gasteiger partial charge is 0.482 e. The number of nitrogens with zero attached hydrogens (tertiary/aromatic N) is 2. The van der Waals surface area contributed by atoms with Gasteiger partial charge >= 0.3 is 0 Å². The number of nitrogens with two attached hydrogens (primary N) is 1. The number of benzene rings is 1. The predicted molar refractivity (Wildman–Crippen MR) is 63.5 cm³/mol. The Kier molecular flexibility index (Phi) is 4.69. The molecule has 18 heavy (non-hydrogen) atoms. The first-order valence-corrected chi connectivity index (χ1v) is 5.18. The summed E-state index contributed by atoms with van der Waals surface area (Å²) in [5.41, 5.74) is 5.32. The van der Waals surface area contributed by atoms with E-state index in [-0.39, 0.29) is 19.1 Å². The smallest absolute Gasteiger partial charge is 0.260 e. The van der Waals surface area contributed by atoms with Gasteiger partial charge in [-0.05, 0) is 12.1 Å². The lowest BCUT2D eigenvalue weighted by atomic mass is 10.2. The molecule has 0 bridgehead atoms. The molecular weight excluding hydrogens is 234 g/mol. The summed E-state index contributed by atoms with van der Waals surface area (Å²) in [6, 6.07) is 8.55. The number of ether oxygens (including phenoxy) is 1. The molecule has 6 nitrogen and oxygen atoms in total. The van der Waals surface area contributed by atoms with E-state index in [0.29, 0.717) is 11.3 Å². The Labute approximate surface area is 105 Å². The van der Waals surface area contributed by atoms with Crippen molar-refractivity contribution in [3.8, 4) is 11.8 Å². The molecule has 0 spiro atoms. The van der Waals surface area contributed by atoms with Crippen LogP contribution < -0.4 is 10.5 Å². The number of rotatable bonds is 5. The maximum absolute atomic E-state index is 11.6. The van der Waals surface area contributed by atoms with Crippen LogP contribution in [0.3, 0.4) is 0 Å². The fraction of sp³-hybridized carbons (Fsp3) is 0.250. The zero-order chi connectivity index (χ0) is 13.5. The summed E-state index contributed by atoms with van der Waals surface area (Å²) in [6.45, 7) is -0.412. The molecule has 0 aliphatic rings. The Morgan fingerprint density at radius 3 is 2.72 bits per heavy atom. The SMILES string of the molecule is CN(CC(N)=O)C(=O)COc1ccccc1C#N. The second-order valence-corrected chi connectivity index (χ2v) is 3.61. The van der Waals surface area contributed by atoms with Gasteiger partial charge in [-0.2, -0.15) is 5.26 Å². The van der Waals surface area contributed by atoms with Gasteiger partial charge in [-0.3, -0.25) is 9.59 Å². The molecule has 2 amide bonds. The maximum atomic E-state index is 11.6. The summed E-state index contributed by atoms with van der Waals surface area (Å²) >= 11 is 0. The lowest BCUT2D eigenvalue weighted by Crippen LogP contribution is -2.38. The highest BCUT2D eigenvalue weighted by molar-refractivity contribution is 5.84. The highest BCUT2D eigenvalue weighted by atomic mass is 16.5. The number of para-hydroxylation sites is 1. The van der Waals surface area contributed by atoms with Crippen LogP contribution in [0.2, 0.25) is 0 Å². The number of amides is 2. The van der Waals surface area contributed by atoms with Gasteiger partial charge in [0, 0.05) is 7.05 Å². The number of hydrogen-bond donors (Lipinski definition) is 1. The molecule has 0 saturated heterocycles. The quantitative estimate of drug-likeness (QED) is 0.784. The highest BCUT2D eigenvalue weighted by Crippen LogP contribution is 2.16. The second-order valence-electron chi connectivity index (χ2n) is 3.61. The van der Waals surface area contributed by atoms with Crippen LogP contribution in [-0.4, -0.2) is 36.9 Å². The van der Waals surface area contributed by atoms with Crippen LogP contribution in [0.25, 0.3) is 0 Å². The van der Waals surface area contributed by atoms with Gasteiger partial charge in [0.05, 0.1) is 12.1 Å². The predicted octanol–water partition coefficient (Wildman–Crippen LogP) is -0.119. The van der Waals surface area contributed by atoms with Crippen molar-refractivity contribution in [3.63, 3.8) is 0 Å². The van der Waals surface area contributed by atoms with E-state index < -0.39 is 5.91 Å². The van der Waals surface area contributed by atoms with Gasteiger partial charge in [-0.25, -0.2) is 0 Å². The summed E-state index contributed by atoms with van der Waals surface area (Å²) < 4.78 is 5.23. The van der Waals surface area contributed by atoms with Crippen molar-refractivity contribution >= 4 is 11.8 Å². The van der Waals surface area contributed by atoms with Crippen molar-refractivity contribution < 1.29 is 14.3 Å². The summed E-state index contributed by atoms with van der Waals surface area (Å²) in [5, 5.41) is 8.83. The number of primary amides is 1. The van der Waals surface area contributed by atoms with Crippen molar-refractivity contribution in [1.82, 2.24) is 4.90 Å². The molecule has 6 heteroatoms. The van der Waals surface area contributed by atoms with E-state index in [1.165, 1.54) is 7.05 Å². The second kappa shape index (κ2) is 6.25. The molecule has 0 aliphatic carbocycles. The molecule has 0 atom stereocenters. The Balaban J connectivity index is 2.58. The van der Waals surface area contributed by atoms with Crippen LogP contribution in [0.5, 0.6) is 5.75 Å². The molecule has 1 aromatic carbocycles. The van der Waals surface area contributed by atoms with E-state index in [2.05, 4.69) is 0 Å². The number of nitriles is 1. The summed E-state index contributed by atoms with van der Waals surface area (Å²) in [6.07, 6.45) is 0. The zero-order valence-electron chi connectivity index (χ0n) is 9.92. The van der Waals surface area contributed by atoms with Crippen molar-refractivity contribution in [2.45, 2.75) is 0 Å². The van der Waals surface area contributed by atoms with Gasteiger partial charge in [-0.15, -0.1) is 0 Å². The fourth-order valence-corrected chi connectivity index (χ4v) is 1.26. The van der Waals surface area contributed by atoms with Gasteiger partial charge in [0.1, 0.15) is 11.8 Å². The topological polar surface area (TPSA) is 96.4 Å². The molecule has 1 rings (SSSR count). The molecule has 0 fully saturated rings. The minimum absolute atomic E-state index is 0.165. The Morgan fingerprint density at radius 2 is 2.11 bits per heavy atom. The molecule has 0 radical (unpaired) electrons. The lowest BCUT2D eigenvalue weighted by Gasteiger charge is -2.15. The first kappa shape index (κ1) is 13.5. The van der Waals surface area contributed by atoms with E-state index in [0.717, 1.165) is 4.90 Å². The van der Waals surface area contributed by atoms with E-state index in [9.17, 15) is 9.59 Å². The van der Waals surface area contributed by atoms with Crippen LogP contribution in [0.4, 0.5) is 0 Å². The van der Waals surface area contributed by atoms with E-state index in [1.807, 2.05) is 6.07 Å². The van der Waals surface area contributed by atoms with Crippen molar-refractivity contribution in [1.29, 1.82) is 5.26 Å². The van der Waals surface area contributed by atoms with Crippen LogP contribution in [0.1, 0.15) is 5.56 Å². The van der Waals surface area contributed by atoms with Gasteiger partial charge in [0.15, 0.2) is 6.61 Å².